The summed E-state index contributed by atoms with van der Waals surface area (Å²) in [6, 6.07) is 3.03. The molecule has 1 aromatic carbocycles. The van der Waals surface area contributed by atoms with Crippen molar-refractivity contribution >= 4 is 5.78 Å². The second-order valence-corrected chi connectivity index (χ2v) is 6.32. The Kier molecular flexibility index (Phi) is 2.59. The number of fused-ring (bicyclic) bond motifs is 2. The molecular formula is C17H16O5. The highest BCUT2D eigenvalue weighted by atomic mass is 16.5. The van der Waals surface area contributed by atoms with E-state index < -0.39 is 11.0 Å². The van der Waals surface area contributed by atoms with E-state index in [9.17, 15) is 20.1 Å². The number of rotatable bonds is 0. The van der Waals surface area contributed by atoms with Gasteiger partial charge in [-0.05, 0) is 35.4 Å². The van der Waals surface area contributed by atoms with Gasteiger partial charge in [-0.25, -0.2) is 0 Å². The highest BCUT2D eigenvalue weighted by Crippen LogP contribution is 2.57. The molecule has 1 saturated heterocycles. The minimum absolute atomic E-state index is 0.104. The van der Waals surface area contributed by atoms with Crippen LogP contribution in [0.5, 0.6) is 11.5 Å². The molecule has 1 aliphatic heterocycles. The Balaban J connectivity index is 1.95. The van der Waals surface area contributed by atoms with Crippen LogP contribution in [-0.4, -0.2) is 39.9 Å². The lowest BCUT2D eigenvalue weighted by Gasteiger charge is -2.56. The number of carbonyl (C=O) groups is 1. The van der Waals surface area contributed by atoms with Gasteiger partial charge in [-0.1, -0.05) is 12.2 Å². The van der Waals surface area contributed by atoms with E-state index in [2.05, 4.69) is 0 Å². The third-order valence-electron chi connectivity index (χ3n) is 5.15. The Morgan fingerprint density at radius 1 is 1.14 bits per heavy atom. The van der Waals surface area contributed by atoms with E-state index in [-0.39, 0.29) is 36.2 Å². The van der Waals surface area contributed by atoms with Crippen molar-refractivity contribution in [1.82, 2.24) is 0 Å². The molecule has 3 aliphatic rings. The zero-order valence-corrected chi connectivity index (χ0v) is 11.8. The molecular weight excluding hydrogens is 284 g/mol. The maximum Gasteiger partial charge on any atom is 0.178 e. The molecule has 114 valence electrons. The fourth-order valence-corrected chi connectivity index (χ4v) is 4.01. The maximum atomic E-state index is 11.5. The Labute approximate surface area is 127 Å². The predicted octanol–water partition coefficient (Wildman–Crippen LogP) is 1.18. The molecule has 1 aromatic rings. The molecule has 0 amide bonds. The van der Waals surface area contributed by atoms with Gasteiger partial charge in [0.15, 0.2) is 17.3 Å². The van der Waals surface area contributed by atoms with Crippen LogP contribution < -0.4 is 0 Å². The van der Waals surface area contributed by atoms with Crippen LogP contribution in [-0.2, 0) is 16.0 Å². The first kappa shape index (κ1) is 13.5. The smallest absolute Gasteiger partial charge is 0.178 e. The summed E-state index contributed by atoms with van der Waals surface area (Å²) in [5.41, 5.74) is -0.269. The molecule has 4 rings (SSSR count). The Morgan fingerprint density at radius 2 is 1.82 bits per heavy atom. The van der Waals surface area contributed by atoms with E-state index in [1.807, 2.05) is 0 Å². The summed E-state index contributed by atoms with van der Waals surface area (Å²) < 4.78 is 5.57. The van der Waals surface area contributed by atoms with Gasteiger partial charge in [0.05, 0.1) is 13.2 Å². The molecule has 0 saturated carbocycles. The van der Waals surface area contributed by atoms with Gasteiger partial charge in [-0.3, -0.25) is 4.79 Å². The van der Waals surface area contributed by atoms with Crippen LogP contribution in [0.15, 0.2) is 36.4 Å². The SMILES string of the molecule is O=C1C=CC2(C=C1)C1COC[C@@]2(O)Cc2cc(O)c(O)cc21. The average molecular weight is 300 g/mol. The third kappa shape index (κ3) is 1.58. The Hall–Kier alpha value is -2.11. The number of ketones is 1. The first-order valence-electron chi connectivity index (χ1n) is 7.22. The van der Waals surface area contributed by atoms with E-state index in [0.717, 1.165) is 11.1 Å². The van der Waals surface area contributed by atoms with Crippen LogP contribution in [0.25, 0.3) is 0 Å². The minimum atomic E-state index is -1.18. The van der Waals surface area contributed by atoms with E-state index in [1.165, 1.54) is 24.3 Å². The monoisotopic (exact) mass is 300 g/mol. The summed E-state index contributed by atoms with van der Waals surface area (Å²) in [5, 5.41) is 30.7. The summed E-state index contributed by atoms with van der Waals surface area (Å²) in [5.74, 6) is -0.707. The summed E-state index contributed by atoms with van der Waals surface area (Å²) in [4.78, 5) is 11.5. The van der Waals surface area contributed by atoms with E-state index in [1.54, 1.807) is 12.2 Å². The molecule has 2 aliphatic carbocycles. The molecule has 1 fully saturated rings. The number of hydrogen-bond acceptors (Lipinski definition) is 5. The zero-order chi connectivity index (χ0) is 15.5. The van der Waals surface area contributed by atoms with Crippen LogP contribution >= 0.6 is 0 Å². The van der Waals surface area contributed by atoms with Crippen molar-refractivity contribution in [2.24, 2.45) is 5.41 Å². The molecule has 22 heavy (non-hydrogen) atoms. The Bertz CT molecular complexity index is 717. The first-order valence-corrected chi connectivity index (χ1v) is 7.22. The van der Waals surface area contributed by atoms with Crippen LogP contribution in [0.1, 0.15) is 17.0 Å². The summed E-state index contributed by atoms with van der Waals surface area (Å²) in [7, 11) is 0. The summed E-state index contributed by atoms with van der Waals surface area (Å²) in [6.07, 6.45) is 6.77. The average Bonchev–Trinajstić information content (AvgIpc) is 2.47. The largest absolute Gasteiger partial charge is 0.504 e. The van der Waals surface area contributed by atoms with Crippen LogP contribution in [0.3, 0.4) is 0 Å². The van der Waals surface area contributed by atoms with Crippen LogP contribution in [0, 0.1) is 5.41 Å². The van der Waals surface area contributed by atoms with E-state index >= 15 is 0 Å². The summed E-state index contributed by atoms with van der Waals surface area (Å²) in [6.45, 7) is 0.538. The zero-order valence-electron chi connectivity index (χ0n) is 11.8. The fraction of sp³-hybridized carbons (Fsp3) is 0.353. The van der Waals surface area contributed by atoms with Crippen LogP contribution in [0.4, 0.5) is 0 Å². The standard InChI is InChI=1S/C17H16O5/c18-11-1-3-16(4-2-11)13-8-22-9-17(16,21)7-10-5-14(19)15(20)6-12(10)13/h1-6,13,19-21H,7-9H2/t13?,17-/m0/s1. The minimum Gasteiger partial charge on any atom is -0.504 e. The summed E-state index contributed by atoms with van der Waals surface area (Å²) >= 11 is 0. The number of phenolic OH excluding ortho intramolecular Hbond substituents is 2. The molecule has 1 heterocycles. The van der Waals surface area contributed by atoms with E-state index in [0.29, 0.717) is 6.61 Å². The second kappa shape index (κ2) is 4.21. The number of benzene rings is 1. The molecule has 2 atom stereocenters. The number of phenols is 2. The highest BCUT2D eigenvalue weighted by molar-refractivity contribution is 6.00. The van der Waals surface area contributed by atoms with Gasteiger partial charge in [-0.2, -0.15) is 0 Å². The number of hydrogen-bond donors (Lipinski definition) is 3. The van der Waals surface area contributed by atoms with Gasteiger partial charge in [0.1, 0.15) is 5.60 Å². The predicted molar refractivity (Wildman–Crippen MR) is 77.7 cm³/mol. The first-order chi connectivity index (χ1) is 10.5. The van der Waals surface area contributed by atoms with Gasteiger partial charge in [0.25, 0.3) is 0 Å². The topological polar surface area (TPSA) is 87.0 Å². The van der Waals surface area contributed by atoms with E-state index in [4.69, 9.17) is 4.74 Å². The Morgan fingerprint density at radius 3 is 2.55 bits per heavy atom. The van der Waals surface area contributed by atoms with Crippen molar-refractivity contribution in [2.75, 3.05) is 13.2 Å². The quantitative estimate of drug-likeness (QED) is 0.626. The second-order valence-electron chi connectivity index (χ2n) is 6.32. The van der Waals surface area contributed by atoms with Crippen molar-refractivity contribution in [3.05, 3.63) is 47.6 Å². The van der Waals surface area contributed by atoms with Crippen molar-refractivity contribution in [3.8, 4) is 11.5 Å². The molecule has 2 bridgehead atoms. The lowest BCUT2D eigenvalue weighted by molar-refractivity contribution is -0.158. The molecule has 3 N–H and O–H groups in total. The van der Waals surface area contributed by atoms with Crippen molar-refractivity contribution in [1.29, 1.82) is 0 Å². The van der Waals surface area contributed by atoms with Gasteiger partial charge in [-0.15, -0.1) is 0 Å². The highest BCUT2D eigenvalue weighted by Gasteiger charge is 2.59. The number of carbonyl (C=O) groups excluding carboxylic acids is 1. The molecule has 5 heteroatoms. The fourth-order valence-electron chi connectivity index (χ4n) is 4.01. The normalized spacial score (nSPS) is 31.3. The molecule has 1 spiro atoms. The van der Waals surface area contributed by atoms with Gasteiger partial charge < -0.3 is 20.1 Å². The third-order valence-corrected chi connectivity index (χ3v) is 5.15. The van der Waals surface area contributed by atoms with Gasteiger partial charge in [0, 0.05) is 17.8 Å². The van der Waals surface area contributed by atoms with Gasteiger partial charge >= 0.3 is 0 Å². The molecule has 0 aromatic heterocycles. The number of aliphatic hydroxyl groups is 1. The van der Waals surface area contributed by atoms with Crippen molar-refractivity contribution < 1.29 is 24.9 Å². The molecule has 1 unspecified atom stereocenters. The maximum absolute atomic E-state index is 11.5. The number of aromatic hydroxyl groups is 2. The van der Waals surface area contributed by atoms with Crippen molar-refractivity contribution in [3.63, 3.8) is 0 Å². The number of allylic oxidation sites excluding steroid dienone is 2. The molecule has 5 nitrogen and oxygen atoms in total. The van der Waals surface area contributed by atoms with Gasteiger partial charge in [0.2, 0.25) is 0 Å². The lowest BCUT2D eigenvalue weighted by atomic mass is 9.54. The lowest BCUT2D eigenvalue weighted by Crippen LogP contribution is -2.61. The van der Waals surface area contributed by atoms with Crippen molar-refractivity contribution in [2.45, 2.75) is 17.9 Å². The number of ether oxygens (including phenoxy) is 1. The van der Waals surface area contributed by atoms with Crippen LogP contribution in [0.2, 0.25) is 0 Å². The molecule has 0 radical (unpaired) electrons.